The molecule has 3 heterocycles. The Balaban J connectivity index is 1.51. The van der Waals surface area contributed by atoms with E-state index in [9.17, 15) is 18.0 Å². The number of H-pyrrole nitrogens is 1. The number of aromatic nitrogens is 3. The summed E-state index contributed by atoms with van der Waals surface area (Å²) in [4.78, 5) is 18.5. The Morgan fingerprint density at radius 1 is 1.23 bits per heavy atom. The normalized spacial score (nSPS) is 16.7. The fourth-order valence-electron chi connectivity index (χ4n) is 3.75. The minimum Gasteiger partial charge on any atom is -0.368 e. The molecule has 1 amide bonds. The van der Waals surface area contributed by atoms with Crippen molar-refractivity contribution in [2.45, 2.75) is 25.4 Å². The van der Waals surface area contributed by atoms with Crippen molar-refractivity contribution < 1.29 is 18.0 Å². The molecule has 156 valence electrons. The number of amides is 1. The molecule has 1 aliphatic rings. The number of hydrogen-bond acceptors (Lipinski definition) is 4. The quantitative estimate of drug-likeness (QED) is 0.663. The second-order valence-electron chi connectivity index (χ2n) is 7.37. The SMILES string of the molecule is Cc1ccc(C(=O)Nc2cncc(C(F)(F)F)c2)cc1C1CCN(c2cn[nH]c2)C1. The van der Waals surface area contributed by atoms with Gasteiger partial charge in [-0.3, -0.25) is 14.9 Å². The van der Waals surface area contributed by atoms with Crippen LogP contribution < -0.4 is 10.2 Å². The van der Waals surface area contributed by atoms with Gasteiger partial charge >= 0.3 is 6.18 Å². The number of carbonyl (C=O) groups is 1. The zero-order valence-electron chi connectivity index (χ0n) is 16.2. The van der Waals surface area contributed by atoms with Gasteiger partial charge in [0, 0.05) is 37.0 Å². The third-order valence-electron chi connectivity index (χ3n) is 5.34. The first-order valence-corrected chi connectivity index (χ1v) is 9.49. The Kier molecular flexibility index (Phi) is 5.19. The maximum atomic E-state index is 12.9. The minimum absolute atomic E-state index is 0.00366. The molecule has 0 saturated carbocycles. The van der Waals surface area contributed by atoms with Crippen molar-refractivity contribution in [3.05, 3.63) is 71.3 Å². The fraction of sp³-hybridized carbons (Fsp3) is 0.286. The summed E-state index contributed by atoms with van der Waals surface area (Å²) in [5.74, 6) is -0.218. The average Bonchev–Trinajstić information content (AvgIpc) is 3.40. The van der Waals surface area contributed by atoms with Gasteiger partial charge in [0.1, 0.15) is 0 Å². The maximum absolute atomic E-state index is 12.9. The summed E-state index contributed by atoms with van der Waals surface area (Å²) in [6.07, 6.45) is 1.97. The van der Waals surface area contributed by atoms with E-state index in [-0.39, 0.29) is 11.6 Å². The van der Waals surface area contributed by atoms with Gasteiger partial charge in [0.25, 0.3) is 5.91 Å². The van der Waals surface area contributed by atoms with E-state index in [4.69, 9.17) is 0 Å². The highest BCUT2D eigenvalue weighted by Crippen LogP contribution is 2.33. The molecule has 9 heteroatoms. The molecule has 0 spiro atoms. The number of aromatic amines is 1. The predicted octanol–water partition coefficient (Wildman–Crippen LogP) is 4.38. The van der Waals surface area contributed by atoms with E-state index in [2.05, 4.69) is 25.4 Å². The van der Waals surface area contributed by atoms with E-state index in [1.165, 1.54) is 6.20 Å². The summed E-state index contributed by atoms with van der Waals surface area (Å²) in [6.45, 7) is 3.69. The van der Waals surface area contributed by atoms with Crippen LogP contribution in [0.25, 0.3) is 0 Å². The van der Waals surface area contributed by atoms with Gasteiger partial charge in [-0.2, -0.15) is 18.3 Å². The minimum atomic E-state index is -4.52. The van der Waals surface area contributed by atoms with E-state index < -0.39 is 17.6 Å². The molecule has 4 rings (SSSR count). The summed E-state index contributed by atoms with van der Waals surface area (Å²) in [6, 6.07) is 6.25. The van der Waals surface area contributed by atoms with Crippen molar-refractivity contribution >= 4 is 17.3 Å². The zero-order valence-corrected chi connectivity index (χ0v) is 16.2. The van der Waals surface area contributed by atoms with Crippen LogP contribution in [0.15, 0.2) is 49.1 Å². The highest BCUT2D eigenvalue weighted by Gasteiger charge is 2.31. The average molecular weight is 415 g/mol. The van der Waals surface area contributed by atoms with Crippen molar-refractivity contribution in [2.75, 3.05) is 23.3 Å². The fourth-order valence-corrected chi connectivity index (χ4v) is 3.75. The van der Waals surface area contributed by atoms with E-state index in [0.29, 0.717) is 5.56 Å². The first-order chi connectivity index (χ1) is 14.3. The van der Waals surface area contributed by atoms with E-state index >= 15 is 0 Å². The number of anilines is 2. The van der Waals surface area contributed by atoms with Crippen LogP contribution in [-0.4, -0.2) is 34.2 Å². The smallest absolute Gasteiger partial charge is 0.368 e. The van der Waals surface area contributed by atoms with Gasteiger partial charge in [-0.15, -0.1) is 0 Å². The molecule has 1 aromatic carbocycles. The van der Waals surface area contributed by atoms with Crippen molar-refractivity contribution in [1.29, 1.82) is 0 Å². The molecule has 3 aromatic rings. The van der Waals surface area contributed by atoms with Crippen LogP contribution in [0.1, 0.15) is 39.4 Å². The number of benzene rings is 1. The molecule has 1 saturated heterocycles. The molecule has 30 heavy (non-hydrogen) atoms. The lowest BCUT2D eigenvalue weighted by molar-refractivity contribution is -0.137. The van der Waals surface area contributed by atoms with Gasteiger partial charge in [-0.25, -0.2) is 0 Å². The summed E-state index contributed by atoms with van der Waals surface area (Å²) in [5, 5.41) is 9.31. The number of alkyl halides is 3. The molecule has 2 aromatic heterocycles. The lowest BCUT2D eigenvalue weighted by Crippen LogP contribution is -2.19. The number of pyridine rings is 1. The summed E-state index contributed by atoms with van der Waals surface area (Å²) >= 11 is 0. The molecular formula is C21H20F3N5O. The van der Waals surface area contributed by atoms with Gasteiger partial charge < -0.3 is 10.2 Å². The van der Waals surface area contributed by atoms with E-state index in [1.54, 1.807) is 12.3 Å². The van der Waals surface area contributed by atoms with Crippen LogP contribution >= 0.6 is 0 Å². The van der Waals surface area contributed by atoms with Crippen LogP contribution in [0.5, 0.6) is 0 Å². The second kappa shape index (κ2) is 7.81. The number of carbonyl (C=O) groups excluding carboxylic acids is 1. The zero-order chi connectivity index (χ0) is 21.3. The second-order valence-corrected chi connectivity index (χ2v) is 7.37. The summed E-state index contributed by atoms with van der Waals surface area (Å²) in [7, 11) is 0. The molecule has 0 bridgehead atoms. The number of nitrogens with one attached hydrogen (secondary N) is 2. The number of nitrogens with zero attached hydrogens (tertiary/aromatic N) is 3. The molecule has 6 nitrogen and oxygen atoms in total. The third kappa shape index (κ3) is 4.14. The highest BCUT2D eigenvalue weighted by atomic mass is 19.4. The molecule has 2 N–H and O–H groups in total. The Morgan fingerprint density at radius 2 is 2.07 bits per heavy atom. The number of halogens is 3. The van der Waals surface area contributed by atoms with Crippen LogP contribution in [-0.2, 0) is 6.18 Å². The molecule has 1 aliphatic heterocycles. The van der Waals surface area contributed by atoms with Crippen molar-refractivity contribution in [2.24, 2.45) is 0 Å². The highest BCUT2D eigenvalue weighted by molar-refractivity contribution is 6.04. The third-order valence-corrected chi connectivity index (χ3v) is 5.34. The molecule has 0 aliphatic carbocycles. The Morgan fingerprint density at radius 3 is 2.80 bits per heavy atom. The predicted molar refractivity (Wildman–Crippen MR) is 107 cm³/mol. The Hall–Kier alpha value is -3.36. The monoisotopic (exact) mass is 415 g/mol. The molecule has 0 radical (unpaired) electrons. The van der Waals surface area contributed by atoms with Crippen molar-refractivity contribution in [3.8, 4) is 0 Å². The van der Waals surface area contributed by atoms with Crippen LogP contribution in [0, 0.1) is 6.92 Å². The van der Waals surface area contributed by atoms with E-state index in [1.807, 2.05) is 25.3 Å². The largest absolute Gasteiger partial charge is 0.417 e. The lowest BCUT2D eigenvalue weighted by Gasteiger charge is -2.18. The Labute approximate surface area is 171 Å². The summed E-state index contributed by atoms with van der Waals surface area (Å²) in [5.41, 5.74) is 2.66. The number of aryl methyl sites for hydroxylation is 1. The summed E-state index contributed by atoms with van der Waals surface area (Å²) < 4.78 is 38.6. The van der Waals surface area contributed by atoms with Gasteiger partial charge in [0.05, 0.1) is 29.3 Å². The van der Waals surface area contributed by atoms with Gasteiger partial charge in [-0.1, -0.05) is 6.07 Å². The van der Waals surface area contributed by atoms with Crippen LogP contribution in [0.2, 0.25) is 0 Å². The van der Waals surface area contributed by atoms with Crippen LogP contribution in [0.3, 0.4) is 0 Å². The first-order valence-electron chi connectivity index (χ1n) is 9.49. The lowest BCUT2D eigenvalue weighted by atomic mass is 9.92. The number of rotatable bonds is 4. The molecule has 1 unspecified atom stereocenters. The molecule has 1 fully saturated rings. The first kappa shape index (κ1) is 19.9. The van der Waals surface area contributed by atoms with Gasteiger partial charge in [0.2, 0.25) is 0 Å². The van der Waals surface area contributed by atoms with Crippen molar-refractivity contribution in [1.82, 2.24) is 15.2 Å². The van der Waals surface area contributed by atoms with E-state index in [0.717, 1.165) is 48.6 Å². The van der Waals surface area contributed by atoms with Crippen molar-refractivity contribution in [3.63, 3.8) is 0 Å². The van der Waals surface area contributed by atoms with Crippen LogP contribution in [0.4, 0.5) is 24.5 Å². The Bertz CT molecular complexity index is 1050. The van der Waals surface area contributed by atoms with Gasteiger partial charge in [0.15, 0.2) is 0 Å². The van der Waals surface area contributed by atoms with Gasteiger partial charge in [-0.05, 0) is 42.7 Å². The molecule has 1 atom stereocenters. The standard InChI is InChI=1S/C21H20F3N5O/c1-13-2-3-14(20(30)28-17-7-16(8-25-9-17)21(22,23)24)6-19(13)15-4-5-29(12-15)18-10-26-27-11-18/h2-3,6-11,15H,4-5,12H2,1H3,(H,26,27)(H,28,30). The molecular weight excluding hydrogens is 395 g/mol. The number of hydrogen-bond donors (Lipinski definition) is 2. The topological polar surface area (TPSA) is 73.9 Å². The maximum Gasteiger partial charge on any atom is 0.417 e.